The Balaban J connectivity index is 2.67. The number of rotatable bonds is 7. The van der Waals surface area contributed by atoms with Crippen molar-refractivity contribution >= 4 is 16.5 Å². The topological polar surface area (TPSA) is 28.2 Å². The van der Waals surface area contributed by atoms with Gasteiger partial charge in [0.15, 0.2) is 5.13 Å². The lowest BCUT2D eigenvalue weighted by molar-refractivity contribution is 0.505. The van der Waals surface area contributed by atoms with Gasteiger partial charge in [0.05, 0.1) is 5.69 Å². The van der Waals surface area contributed by atoms with Crippen LogP contribution in [0.15, 0.2) is 0 Å². The van der Waals surface area contributed by atoms with Crippen LogP contribution >= 0.6 is 11.3 Å². The van der Waals surface area contributed by atoms with Crippen LogP contribution in [0.5, 0.6) is 0 Å². The molecular weight excluding hydrogens is 254 g/mol. The summed E-state index contributed by atoms with van der Waals surface area (Å²) in [4.78, 5) is 8.38. The molecule has 0 aliphatic heterocycles. The van der Waals surface area contributed by atoms with E-state index in [2.05, 4.69) is 58.8 Å². The number of anilines is 1. The van der Waals surface area contributed by atoms with Crippen LogP contribution in [0, 0.1) is 18.8 Å². The normalized spacial score (nSPS) is 13.3. The Bertz CT molecular complexity index is 385. The molecule has 0 aromatic carbocycles. The van der Waals surface area contributed by atoms with Gasteiger partial charge in [0.25, 0.3) is 0 Å². The van der Waals surface area contributed by atoms with Crippen LogP contribution in [0.2, 0.25) is 0 Å². The minimum Gasteiger partial charge on any atom is -0.348 e. The highest BCUT2D eigenvalue weighted by atomic mass is 32.1. The first-order chi connectivity index (χ1) is 8.82. The lowest BCUT2D eigenvalue weighted by Gasteiger charge is -2.27. The molecule has 0 saturated heterocycles. The Kier molecular flexibility index (Phi) is 6.27. The average Bonchev–Trinajstić information content (AvgIpc) is 2.68. The van der Waals surface area contributed by atoms with Crippen LogP contribution < -0.4 is 10.2 Å². The molecule has 0 saturated carbocycles. The molecule has 1 heterocycles. The molecule has 1 N–H and O–H groups in total. The van der Waals surface area contributed by atoms with Crippen molar-refractivity contribution in [1.29, 1.82) is 0 Å². The molecule has 1 rings (SSSR count). The van der Waals surface area contributed by atoms with Crippen molar-refractivity contribution in [3.05, 3.63) is 10.6 Å². The quantitative estimate of drug-likeness (QED) is 0.827. The third kappa shape index (κ3) is 4.77. The largest absolute Gasteiger partial charge is 0.348 e. The predicted molar refractivity (Wildman–Crippen MR) is 86.1 cm³/mol. The van der Waals surface area contributed by atoms with Crippen molar-refractivity contribution in [3.63, 3.8) is 0 Å². The molecule has 1 aromatic rings. The van der Waals surface area contributed by atoms with E-state index in [1.54, 1.807) is 0 Å². The van der Waals surface area contributed by atoms with Gasteiger partial charge >= 0.3 is 0 Å². The summed E-state index contributed by atoms with van der Waals surface area (Å²) in [5, 5.41) is 4.64. The van der Waals surface area contributed by atoms with E-state index >= 15 is 0 Å². The Hall–Kier alpha value is -0.610. The third-order valence-electron chi connectivity index (χ3n) is 3.60. The standard InChI is InChI=1S/C15H29N3S/c1-10(2)8-16-9-14-12(5)17-15(19-14)18(7)13(6)11(3)4/h10-11,13,16H,8-9H2,1-7H3. The molecule has 0 radical (unpaired) electrons. The van der Waals surface area contributed by atoms with E-state index in [0.29, 0.717) is 17.9 Å². The fourth-order valence-electron chi connectivity index (χ4n) is 1.82. The second kappa shape index (κ2) is 7.25. The molecule has 0 fully saturated rings. The fraction of sp³-hybridized carbons (Fsp3) is 0.800. The summed E-state index contributed by atoms with van der Waals surface area (Å²) >= 11 is 1.82. The molecule has 110 valence electrons. The summed E-state index contributed by atoms with van der Waals surface area (Å²) in [6.45, 7) is 15.3. The summed E-state index contributed by atoms with van der Waals surface area (Å²) < 4.78 is 0. The molecule has 1 unspecified atom stereocenters. The zero-order valence-corrected chi connectivity index (χ0v) is 14.3. The summed E-state index contributed by atoms with van der Waals surface area (Å²) in [7, 11) is 2.15. The Morgan fingerprint density at radius 3 is 2.37 bits per heavy atom. The minimum absolute atomic E-state index is 0.516. The number of aryl methyl sites for hydroxylation is 1. The smallest absolute Gasteiger partial charge is 0.185 e. The molecule has 0 spiro atoms. The van der Waals surface area contributed by atoms with Crippen molar-refractivity contribution in [1.82, 2.24) is 10.3 Å². The Morgan fingerprint density at radius 1 is 1.21 bits per heavy atom. The molecule has 19 heavy (non-hydrogen) atoms. The highest BCUT2D eigenvalue weighted by Gasteiger charge is 2.18. The lowest BCUT2D eigenvalue weighted by atomic mass is 10.1. The van der Waals surface area contributed by atoms with Crippen LogP contribution in [0.1, 0.15) is 45.2 Å². The van der Waals surface area contributed by atoms with Gasteiger partial charge in [-0.2, -0.15) is 0 Å². The third-order valence-corrected chi connectivity index (χ3v) is 4.84. The first kappa shape index (κ1) is 16.4. The molecule has 1 aromatic heterocycles. The van der Waals surface area contributed by atoms with E-state index in [4.69, 9.17) is 4.98 Å². The molecule has 0 aliphatic carbocycles. The van der Waals surface area contributed by atoms with Crippen molar-refractivity contribution in [2.24, 2.45) is 11.8 Å². The van der Waals surface area contributed by atoms with Crippen LogP contribution in [-0.4, -0.2) is 24.6 Å². The summed E-state index contributed by atoms with van der Waals surface area (Å²) in [5.41, 5.74) is 1.17. The molecule has 0 aliphatic rings. The molecule has 3 nitrogen and oxygen atoms in total. The predicted octanol–water partition coefficient (Wildman–Crippen LogP) is 3.68. The van der Waals surface area contributed by atoms with Crippen LogP contribution in [0.3, 0.4) is 0 Å². The van der Waals surface area contributed by atoms with E-state index in [-0.39, 0.29) is 0 Å². The molecule has 0 bridgehead atoms. The maximum Gasteiger partial charge on any atom is 0.185 e. The first-order valence-electron chi connectivity index (χ1n) is 7.22. The SMILES string of the molecule is Cc1nc(N(C)C(C)C(C)C)sc1CNCC(C)C. The summed E-state index contributed by atoms with van der Waals surface area (Å²) in [5.74, 6) is 1.33. The zero-order chi connectivity index (χ0) is 14.6. The van der Waals surface area contributed by atoms with Gasteiger partial charge < -0.3 is 10.2 Å². The lowest BCUT2D eigenvalue weighted by Crippen LogP contribution is -2.32. The van der Waals surface area contributed by atoms with Crippen LogP contribution in [-0.2, 0) is 6.54 Å². The monoisotopic (exact) mass is 283 g/mol. The number of nitrogens with zero attached hydrogens (tertiary/aromatic N) is 2. The maximum absolute atomic E-state index is 4.72. The van der Waals surface area contributed by atoms with E-state index < -0.39 is 0 Å². The minimum atomic E-state index is 0.516. The van der Waals surface area contributed by atoms with Crippen molar-refractivity contribution in [3.8, 4) is 0 Å². The second-order valence-electron chi connectivity index (χ2n) is 6.13. The van der Waals surface area contributed by atoms with Crippen molar-refractivity contribution < 1.29 is 0 Å². The number of aromatic nitrogens is 1. The second-order valence-corrected chi connectivity index (χ2v) is 7.19. The van der Waals surface area contributed by atoms with Gasteiger partial charge in [-0.25, -0.2) is 4.98 Å². The fourth-order valence-corrected chi connectivity index (χ4v) is 2.90. The van der Waals surface area contributed by atoms with Gasteiger partial charge in [-0.05, 0) is 32.2 Å². The van der Waals surface area contributed by atoms with E-state index in [9.17, 15) is 0 Å². The Morgan fingerprint density at radius 2 is 1.84 bits per heavy atom. The average molecular weight is 283 g/mol. The summed E-state index contributed by atoms with van der Waals surface area (Å²) in [6.07, 6.45) is 0. The van der Waals surface area contributed by atoms with Gasteiger partial charge in [-0.3, -0.25) is 0 Å². The van der Waals surface area contributed by atoms with Gasteiger partial charge in [-0.15, -0.1) is 11.3 Å². The summed E-state index contributed by atoms with van der Waals surface area (Å²) in [6, 6.07) is 0.516. The van der Waals surface area contributed by atoms with E-state index in [0.717, 1.165) is 18.2 Å². The number of thiazole rings is 1. The van der Waals surface area contributed by atoms with Crippen molar-refractivity contribution in [2.45, 2.75) is 54.1 Å². The van der Waals surface area contributed by atoms with Crippen molar-refractivity contribution in [2.75, 3.05) is 18.5 Å². The van der Waals surface area contributed by atoms with Gasteiger partial charge in [-0.1, -0.05) is 27.7 Å². The zero-order valence-electron chi connectivity index (χ0n) is 13.4. The van der Waals surface area contributed by atoms with E-state index in [1.165, 1.54) is 10.6 Å². The number of hydrogen-bond donors (Lipinski definition) is 1. The Labute approximate surface area is 122 Å². The van der Waals surface area contributed by atoms with Crippen LogP contribution in [0.4, 0.5) is 5.13 Å². The highest BCUT2D eigenvalue weighted by Crippen LogP contribution is 2.27. The maximum atomic E-state index is 4.72. The highest BCUT2D eigenvalue weighted by molar-refractivity contribution is 7.15. The number of nitrogens with one attached hydrogen (secondary N) is 1. The molecular formula is C15H29N3S. The van der Waals surface area contributed by atoms with Gasteiger partial charge in [0.1, 0.15) is 0 Å². The molecule has 1 atom stereocenters. The van der Waals surface area contributed by atoms with Crippen LogP contribution in [0.25, 0.3) is 0 Å². The first-order valence-corrected chi connectivity index (χ1v) is 8.04. The molecule has 4 heteroatoms. The number of hydrogen-bond acceptors (Lipinski definition) is 4. The molecule has 0 amide bonds. The van der Waals surface area contributed by atoms with Gasteiger partial charge in [0, 0.05) is 24.5 Å². The van der Waals surface area contributed by atoms with E-state index in [1.807, 2.05) is 11.3 Å². The van der Waals surface area contributed by atoms with Gasteiger partial charge in [0.2, 0.25) is 0 Å².